The van der Waals surface area contributed by atoms with Crippen LogP contribution in [0.4, 0.5) is 0 Å². The van der Waals surface area contributed by atoms with Crippen LogP contribution in [0.5, 0.6) is 5.75 Å². The molecule has 1 aromatic carbocycles. The van der Waals surface area contributed by atoms with Crippen LogP contribution in [0.15, 0.2) is 18.2 Å². The highest BCUT2D eigenvalue weighted by Gasteiger charge is 2.14. The van der Waals surface area contributed by atoms with E-state index in [0.29, 0.717) is 0 Å². The van der Waals surface area contributed by atoms with Gasteiger partial charge < -0.3 is 4.74 Å². The fraction of sp³-hybridized carbons (Fsp3) is 0.500. The van der Waals surface area contributed by atoms with E-state index in [1.165, 1.54) is 0 Å². The summed E-state index contributed by atoms with van der Waals surface area (Å²) < 4.78 is 35.7. The van der Waals surface area contributed by atoms with Crippen molar-refractivity contribution in [2.45, 2.75) is 20.8 Å². The van der Waals surface area contributed by atoms with Crippen LogP contribution in [0.3, 0.4) is 0 Å². The molecule has 1 atom stereocenters. The van der Waals surface area contributed by atoms with Crippen LogP contribution < -0.4 is 4.74 Å². The smallest absolute Gasteiger partial charge is 0.265 e. The summed E-state index contributed by atoms with van der Waals surface area (Å²) in [5.41, 5.74) is 2.04. The quantitative estimate of drug-likeness (QED) is 0.822. The summed E-state index contributed by atoms with van der Waals surface area (Å²) in [6.07, 6.45) is 0. The van der Waals surface area contributed by atoms with Gasteiger partial charge in [-0.25, -0.2) is 0 Å². The first-order valence-electron chi connectivity index (χ1n) is 5.44. The van der Waals surface area contributed by atoms with Gasteiger partial charge in [-0.2, -0.15) is 8.42 Å². The maximum atomic E-state index is 10.7. The van der Waals surface area contributed by atoms with Gasteiger partial charge in [0.25, 0.3) is 10.1 Å². The SMILES string of the molecule is Cc1cccc(C)c1OCC(C)CS(=O)(=O)O. The molecule has 1 unspecified atom stereocenters. The third-order valence-corrected chi connectivity index (χ3v) is 3.41. The van der Waals surface area contributed by atoms with E-state index in [4.69, 9.17) is 9.29 Å². The molecule has 4 nitrogen and oxygen atoms in total. The van der Waals surface area contributed by atoms with Crippen LogP contribution in [0.25, 0.3) is 0 Å². The van der Waals surface area contributed by atoms with Gasteiger partial charge in [0.05, 0.1) is 12.4 Å². The van der Waals surface area contributed by atoms with Gasteiger partial charge in [0, 0.05) is 5.92 Å². The Morgan fingerprint density at radius 1 is 1.29 bits per heavy atom. The molecule has 0 radical (unpaired) electrons. The maximum absolute atomic E-state index is 10.7. The molecular formula is C12H18O4S. The van der Waals surface area contributed by atoms with Crippen molar-refractivity contribution in [3.8, 4) is 5.75 Å². The van der Waals surface area contributed by atoms with E-state index in [1.807, 2.05) is 32.0 Å². The molecule has 1 aromatic rings. The Bertz CT molecular complexity index is 459. The van der Waals surface area contributed by atoms with Crippen LogP contribution in [0, 0.1) is 19.8 Å². The highest BCUT2D eigenvalue weighted by atomic mass is 32.2. The summed E-state index contributed by atoms with van der Waals surface area (Å²) in [6, 6.07) is 5.82. The summed E-state index contributed by atoms with van der Waals surface area (Å²) in [5.74, 6) is 0.261. The molecule has 0 aliphatic rings. The van der Waals surface area contributed by atoms with Gasteiger partial charge in [0.15, 0.2) is 0 Å². The zero-order chi connectivity index (χ0) is 13.1. The highest BCUT2D eigenvalue weighted by Crippen LogP contribution is 2.22. The molecule has 1 N–H and O–H groups in total. The molecule has 5 heteroatoms. The Morgan fingerprint density at radius 3 is 2.29 bits per heavy atom. The number of hydrogen-bond donors (Lipinski definition) is 1. The second-order valence-corrected chi connectivity index (χ2v) is 5.88. The lowest BCUT2D eigenvalue weighted by atomic mass is 10.1. The molecule has 0 heterocycles. The average molecular weight is 258 g/mol. The number of hydrogen-bond acceptors (Lipinski definition) is 3. The van der Waals surface area contributed by atoms with Gasteiger partial charge >= 0.3 is 0 Å². The van der Waals surface area contributed by atoms with E-state index in [9.17, 15) is 8.42 Å². The minimum Gasteiger partial charge on any atom is -0.493 e. The first-order chi connectivity index (χ1) is 7.79. The molecule has 1 rings (SSSR count). The summed E-state index contributed by atoms with van der Waals surface area (Å²) in [5, 5.41) is 0. The lowest BCUT2D eigenvalue weighted by Crippen LogP contribution is -2.19. The van der Waals surface area contributed by atoms with Crippen LogP contribution >= 0.6 is 0 Å². The first-order valence-corrected chi connectivity index (χ1v) is 7.04. The van der Waals surface area contributed by atoms with Gasteiger partial charge in [0.1, 0.15) is 5.75 Å². The Kier molecular flexibility index (Phi) is 4.54. The molecule has 0 saturated heterocycles. The third-order valence-electron chi connectivity index (χ3n) is 2.42. The van der Waals surface area contributed by atoms with E-state index in [2.05, 4.69) is 0 Å². The third kappa shape index (κ3) is 4.75. The minimum atomic E-state index is -3.93. The second kappa shape index (κ2) is 5.51. The van der Waals surface area contributed by atoms with Crippen molar-refractivity contribution in [2.75, 3.05) is 12.4 Å². The summed E-state index contributed by atoms with van der Waals surface area (Å²) in [7, 11) is -3.93. The van der Waals surface area contributed by atoms with Crippen LogP contribution in [-0.4, -0.2) is 25.3 Å². The Balaban J connectivity index is 2.62. The zero-order valence-corrected chi connectivity index (χ0v) is 11.1. The number of para-hydroxylation sites is 1. The molecule has 0 aliphatic carbocycles. The Hall–Kier alpha value is -1.07. The fourth-order valence-electron chi connectivity index (χ4n) is 1.66. The number of ether oxygens (including phenoxy) is 1. The van der Waals surface area contributed by atoms with Gasteiger partial charge in [-0.1, -0.05) is 25.1 Å². The molecule has 0 saturated carbocycles. The first kappa shape index (κ1) is 14.0. The van der Waals surface area contributed by atoms with E-state index in [0.717, 1.165) is 16.9 Å². The molecule has 0 spiro atoms. The Labute approximate surface area is 102 Å². The van der Waals surface area contributed by atoms with E-state index < -0.39 is 10.1 Å². The summed E-state index contributed by atoms with van der Waals surface area (Å²) in [4.78, 5) is 0. The van der Waals surface area contributed by atoms with Crippen LogP contribution in [-0.2, 0) is 10.1 Å². The predicted molar refractivity (Wildman–Crippen MR) is 67.0 cm³/mol. The average Bonchev–Trinajstić information content (AvgIpc) is 2.14. The van der Waals surface area contributed by atoms with Crippen molar-refractivity contribution in [3.05, 3.63) is 29.3 Å². The second-order valence-electron chi connectivity index (χ2n) is 4.39. The van der Waals surface area contributed by atoms with Gasteiger partial charge in [-0.15, -0.1) is 0 Å². The predicted octanol–water partition coefficient (Wildman–Crippen LogP) is 2.21. The van der Waals surface area contributed by atoms with Crippen molar-refractivity contribution in [1.29, 1.82) is 0 Å². The highest BCUT2D eigenvalue weighted by molar-refractivity contribution is 7.85. The summed E-state index contributed by atoms with van der Waals surface area (Å²) >= 11 is 0. The van der Waals surface area contributed by atoms with Crippen molar-refractivity contribution in [2.24, 2.45) is 5.92 Å². The molecule has 96 valence electrons. The number of benzene rings is 1. The minimum absolute atomic E-state index is 0.246. The van der Waals surface area contributed by atoms with Crippen molar-refractivity contribution >= 4 is 10.1 Å². The lowest BCUT2D eigenvalue weighted by molar-refractivity contribution is 0.266. The number of rotatable bonds is 5. The molecule has 0 fully saturated rings. The summed E-state index contributed by atoms with van der Waals surface area (Å²) in [6.45, 7) is 5.87. The molecular weight excluding hydrogens is 240 g/mol. The van der Waals surface area contributed by atoms with Crippen molar-refractivity contribution < 1.29 is 17.7 Å². The fourth-order valence-corrected chi connectivity index (χ4v) is 2.48. The van der Waals surface area contributed by atoms with E-state index in [1.54, 1.807) is 6.92 Å². The number of aryl methyl sites for hydroxylation is 2. The Morgan fingerprint density at radius 2 is 1.82 bits per heavy atom. The normalized spacial score (nSPS) is 13.4. The lowest BCUT2D eigenvalue weighted by Gasteiger charge is -2.15. The van der Waals surface area contributed by atoms with E-state index in [-0.39, 0.29) is 18.3 Å². The van der Waals surface area contributed by atoms with Crippen LogP contribution in [0.1, 0.15) is 18.1 Å². The molecule has 0 aromatic heterocycles. The maximum Gasteiger partial charge on any atom is 0.265 e. The largest absolute Gasteiger partial charge is 0.493 e. The van der Waals surface area contributed by atoms with E-state index >= 15 is 0 Å². The monoisotopic (exact) mass is 258 g/mol. The standard InChI is InChI=1S/C12H18O4S/c1-9(8-17(13,14)15)7-16-12-10(2)5-4-6-11(12)3/h4-6,9H,7-8H2,1-3H3,(H,13,14,15). The van der Waals surface area contributed by atoms with Crippen LogP contribution in [0.2, 0.25) is 0 Å². The van der Waals surface area contributed by atoms with Crippen molar-refractivity contribution in [3.63, 3.8) is 0 Å². The van der Waals surface area contributed by atoms with Gasteiger partial charge in [-0.05, 0) is 25.0 Å². The van der Waals surface area contributed by atoms with Crippen molar-refractivity contribution in [1.82, 2.24) is 0 Å². The molecule has 0 bridgehead atoms. The zero-order valence-electron chi connectivity index (χ0n) is 10.3. The molecule has 17 heavy (non-hydrogen) atoms. The van der Waals surface area contributed by atoms with Gasteiger partial charge in [0.2, 0.25) is 0 Å². The molecule has 0 amide bonds. The molecule has 0 aliphatic heterocycles. The topological polar surface area (TPSA) is 63.6 Å². The van der Waals surface area contributed by atoms with Gasteiger partial charge in [-0.3, -0.25) is 4.55 Å².